The van der Waals surface area contributed by atoms with Gasteiger partial charge in [0.15, 0.2) is 0 Å². The molecule has 2 N–H and O–H groups in total. The molecule has 7 heteroatoms. The van der Waals surface area contributed by atoms with Crippen molar-refractivity contribution < 1.29 is 15.7 Å². The number of piperidine rings is 1. The van der Waals surface area contributed by atoms with Gasteiger partial charge in [-0.25, -0.2) is 0 Å². The molecule has 3 aliphatic carbocycles. The molecule has 4 aliphatic rings. The van der Waals surface area contributed by atoms with E-state index in [4.69, 9.17) is 11.8 Å². The number of unbranched alkanes of at least 4 members (excludes halogenated alkanes) is 2. The molecule has 0 aromatic rings. The summed E-state index contributed by atoms with van der Waals surface area (Å²) < 4.78 is 12.0. The van der Waals surface area contributed by atoms with Gasteiger partial charge in [0.1, 0.15) is 11.8 Å². The first-order chi connectivity index (χ1) is 19.3. The Morgan fingerprint density at radius 1 is 0.923 bits per heavy atom. The van der Waals surface area contributed by atoms with Crippen molar-refractivity contribution in [1.29, 1.82) is 0 Å². The molecule has 3 saturated carbocycles. The Morgan fingerprint density at radius 2 is 1.51 bits per heavy atom. The number of hydrogen-bond donors (Lipinski definition) is 1. The number of ether oxygens (including phenoxy) is 1. The van der Waals surface area contributed by atoms with Crippen LogP contribution in [0.1, 0.15) is 106 Å². The molecular weight excluding hydrogens is 524 g/mol. The number of carbonyl (C=O) groups is 2. The number of nitrogens with two attached hydrogens (primary N) is 1. The maximum absolute atomic E-state index is 12.1. The van der Waals surface area contributed by atoms with Gasteiger partial charge in [-0.2, -0.15) is 23.5 Å². The Kier molecular flexibility index (Phi) is 13.8. The van der Waals surface area contributed by atoms with Crippen molar-refractivity contribution in [1.82, 2.24) is 4.90 Å². The van der Waals surface area contributed by atoms with E-state index in [2.05, 4.69) is 42.3 Å². The van der Waals surface area contributed by atoms with E-state index in [-0.39, 0.29) is 31.1 Å². The van der Waals surface area contributed by atoms with Crippen LogP contribution in [0.25, 0.3) is 0 Å². The smallest absolute Gasteiger partial charge is 0.323 e. The Morgan fingerprint density at radius 3 is 2.08 bits per heavy atom. The van der Waals surface area contributed by atoms with E-state index in [0.717, 1.165) is 54.1 Å². The van der Waals surface area contributed by atoms with Crippen molar-refractivity contribution in [2.45, 2.75) is 127 Å². The minimum absolute atomic E-state index is 0.123. The lowest BCUT2D eigenvalue weighted by molar-refractivity contribution is -0.149. The second-order valence-electron chi connectivity index (χ2n) is 12.7. The van der Waals surface area contributed by atoms with Crippen LogP contribution in [0.5, 0.6) is 0 Å². The summed E-state index contributed by atoms with van der Waals surface area (Å²) in [5.41, 5.74) is 6.23. The van der Waals surface area contributed by atoms with Gasteiger partial charge in [-0.1, -0.05) is 46.0 Å². The summed E-state index contributed by atoms with van der Waals surface area (Å²) >= 11 is 4.30. The summed E-state index contributed by atoms with van der Waals surface area (Å²) in [6.45, 7) is 7.24. The van der Waals surface area contributed by atoms with Crippen LogP contribution in [0.15, 0.2) is 0 Å². The average Bonchev–Trinajstić information content (AvgIpc) is 2.93. The number of likely N-dealkylation sites (N-methyl/N-ethyl adjacent to an activating group) is 1. The average molecular weight is 585 g/mol. The predicted octanol–water partition coefficient (Wildman–Crippen LogP) is 6.81. The highest BCUT2D eigenvalue weighted by molar-refractivity contribution is 8.00. The molecule has 0 spiro atoms. The zero-order valence-electron chi connectivity index (χ0n) is 26.3. The summed E-state index contributed by atoms with van der Waals surface area (Å²) in [4.78, 5) is 26.0. The minimum atomic E-state index is -0.258. The molecule has 4 fully saturated rings. The van der Waals surface area contributed by atoms with Crippen molar-refractivity contribution in [2.75, 3.05) is 32.2 Å². The molecule has 1 unspecified atom stereocenters. The summed E-state index contributed by atoms with van der Waals surface area (Å²) in [6, 6.07) is -0.0119. The van der Waals surface area contributed by atoms with Crippen LogP contribution in [-0.2, 0) is 14.3 Å². The fourth-order valence-electron chi connectivity index (χ4n) is 7.76. The van der Waals surface area contributed by atoms with Crippen LogP contribution in [0.4, 0.5) is 0 Å². The molecule has 0 aromatic heterocycles. The SMILES string of the molecule is CCCCS[C@@H]1CCC[C@@H]2CC(N)[C@H](C(C)=O)C[C@@H]21.[3H]COC(=O)[C@@H]1C[C@H]2[C@H](CCC[C@H]2SCCCC)CN1C. The fourth-order valence-corrected chi connectivity index (χ4v) is 11.1. The van der Waals surface area contributed by atoms with Gasteiger partial charge in [0.2, 0.25) is 0 Å². The molecule has 0 amide bonds. The van der Waals surface area contributed by atoms with Crippen LogP contribution in [0.2, 0.25) is 0 Å². The molecule has 4 rings (SSSR count). The van der Waals surface area contributed by atoms with Crippen molar-refractivity contribution in [3.63, 3.8) is 0 Å². The summed E-state index contributed by atoms with van der Waals surface area (Å²) in [6.07, 6.45) is 16.2. The van der Waals surface area contributed by atoms with Gasteiger partial charge in [0.05, 0.1) is 8.46 Å². The topological polar surface area (TPSA) is 72.6 Å². The van der Waals surface area contributed by atoms with E-state index in [0.29, 0.717) is 11.7 Å². The number of methoxy groups -OCH3 is 1. The van der Waals surface area contributed by atoms with Gasteiger partial charge >= 0.3 is 5.97 Å². The molecular formula is C32H58N2O3S2. The third-order valence-electron chi connectivity index (χ3n) is 10.1. The van der Waals surface area contributed by atoms with E-state index in [1.165, 1.54) is 75.7 Å². The number of esters is 1. The molecule has 0 bridgehead atoms. The van der Waals surface area contributed by atoms with Gasteiger partial charge in [-0.3, -0.25) is 14.5 Å². The summed E-state index contributed by atoms with van der Waals surface area (Å²) in [7, 11) is 1.77. The third-order valence-corrected chi connectivity index (χ3v) is 13.1. The fraction of sp³-hybridized carbons (Fsp3) is 0.938. The zero-order valence-corrected chi connectivity index (χ0v) is 26.9. The molecule has 1 saturated heterocycles. The highest BCUT2D eigenvalue weighted by Crippen LogP contribution is 2.47. The molecule has 0 radical (unpaired) electrons. The third kappa shape index (κ3) is 9.38. The number of hydrogen-bond acceptors (Lipinski definition) is 7. The Balaban J connectivity index is 0.000000222. The lowest BCUT2D eigenvalue weighted by Gasteiger charge is -2.46. The van der Waals surface area contributed by atoms with E-state index >= 15 is 0 Å². The van der Waals surface area contributed by atoms with Crippen LogP contribution < -0.4 is 5.73 Å². The molecule has 5 nitrogen and oxygen atoms in total. The predicted molar refractivity (Wildman–Crippen MR) is 168 cm³/mol. The first kappa shape index (κ1) is 31.7. The Labute approximate surface area is 249 Å². The van der Waals surface area contributed by atoms with E-state index in [1.807, 2.05) is 7.05 Å². The molecule has 226 valence electrons. The van der Waals surface area contributed by atoms with E-state index < -0.39 is 0 Å². The monoisotopic (exact) mass is 584 g/mol. The van der Waals surface area contributed by atoms with Gasteiger partial charge in [0.25, 0.3) is 0 Å². The lowest BCUT2D eigenvalue weighted by atomic mass is 9.65. The number of likely N-dealkylation sites (tertiary alicyclic amines) is 1. The minimum Gasteiger partial charge on any atom is -0.468 e. The maximum atomic E-state index is 12.1. The van der Waals surface area contributed by atoms with Crippen molar-refractivity contribution >= 4 is 35.3 Å². The number of ketones is 1. The second-order valence-corrected chi connectivity index (χ2v) is 15.4. The summed E-state index contributed by atoms with van der Waals surface area (Å²) in [5, 5.41) is 1.51. The number of Topliss-reactive ketones (excluding diaryl/α,β-unsaturated/α-hetero) is 1. The quantitative estimate of drug-likeness (QED) is 0.223. The lowest BCUT2D eigenvalue weighted by Crippen LogP contribution is -2.52. The van der Waals surface area contributed by atoms with Gasteiger partial charge in [0, 0.05) is 29.0 Å². The van der Waals surface area contributed by atoms with E-state index in [9.17, 15) is 9.59 Å². The molecule has 1 heterocycles. The van der Waals surface area contributed by atoms with Crippen molar-refractivity contribution in [3.8, 4) is 0 Å². The number of nitrogens with zero attached hydrogens (tertiary/aromatic N) is 1. The van der Waals surface area contributed by atoms with Gasteiger partial charge in [-0.05, 0) is 101 Å². The molecule has 9 atom stereocenters. The van der Waals surface area contributed by atoms with Crippen LogP contribution in [0, 0.1) is 29.6 Å². The summed E-state index contributed by atoms with van der Waals surface area (Å²) in [5.74, 6) is 5.73. The standard InChI is InChI=1S/C16H29NO2S.C16H29NOS/c1-4-5-9-20-15-8-6-7-12-11-17(2)14(10-13(12)15)16(18)19-3;1-3-4-8-19-16-7-5-6-12-9-15(17)13(11(2)18)10-14(12)16/h12-15H,4-11H2,1-3H3;12-16H,3-10,17H2,1-2H3/t12-,13+,14+,15-;12-,13+,14+,15?,16-/m11/s1/i3T;. The molecule has 1 aliphatic heterocycles. The zero-order chi connectivity index (χ0) is 29.1. The highest BCUT2D eigenvalue weighted by atomic mass is 32.2. The van der Waals surface area contributed by atoms with Crippen molar-refractivity contribution in [2.24, 2.45) is 35.3 Å². The Bertz CT molecular complexity index is 774. The Hall–Kier alpha value is -0.240. The second kappa shape index (κ2) is 17.0. The molecule has 39 heavy (non-hydrogen) atoms. The first-order valence-electron chi connectivity index (χ1n) is 16.7. The number of fused-ring (bicyclic) bond motifs is 2. The van der Waals surface area contributed by atoms with Gasteiger partial charge in [-0.15, -0.1) is 0 Å². The van der Waals surface area contributed by atoms with E-state index in [1.54, 1.807) is 6.92 Å². The van der Waals surface area contributed by atoms with Crippen molar-refractivity contribution in [3.05, 3.63) is 0 Å². The number of rotatable bonds is 10. The maximum Gasteiger partial charge on any atom is 0.323 e. The molecule has 0 aromatic carbocycles. The first-order valence-corrected chi connectivity index (χ1v) is 18.1. The largest absolute Gasteiger partial charge is 0.468 e. The van der Waals surface area contributed by atoms with Crippen LogP contribution >= 0.6 is 23.5 Å². The normalized spacial score (nSPS) is 36.9. The highest BCUT2D eigenvalue weighted by Gasteiger charge is 2.44. The van der Waals surface area contributed by atoms with Crippen LogP contribution in [0.3, 0.4) is 0 Å². The number of thioether (sulfide) groups is 2. The van der Waals surface area contributed by atoms with Gasteiger partial charge < -0.3 is 10.5 Å². The van der Waals surface area contributed by atoms with Crippen LogP contribution in [-0.4, -0.2) is 71.4 Å². The number of carbonyl (C=O) groups excluding carboxylic acids is 2.